The van der Waals surface area contributed by atoms with Crippen LogP contribution in [0.15, 0.2) is 35.9 Å². The number of hydrogen-bond donors (Lipinski definition) is 1. The van der Waals surface area contributed by atoms with Crippen LogP contribution < -0.4 is 14.2 Å². The molecule has 148 valence electrons. The summed E-state index contributed by atoms with van der Waals surface area (Å²) < 4.78 is 55.5. The monoisotopic (exact) mass is 414 g/mol. The highest BCUT2D eigenvalue weighted by atomic mass is 35.5. The number of hydrogen-bond acceptors (Lipinski definition) is 4. The molecule has 0 aromatic heterocycles. The number of ether oxygens (including phenoxy) is 3. The van der Waals surface area contributed by atoms with E-state index in [2.05, 4.69) is 0 Å². The van der Waals surface area contributed by atoms with Gasteiger partial charge in [-0.05, 0) is 36.8 Å². The molecule has 0 spiro atoms. The van der Waals surface area contributed by atoms with Gasteiger partial charge in [-0.1, -0.05) is 17.7 Å². The van der Waals surface area contributed by atoms with Crippen molar-refractivity contribution in [2.75, 3.05) is 7.11 Å². The molecule has 1 atom stereocenters. The SMILES string of the molecule is COc1cc(C)ccc1Oc1cc2c(cc1Cl)C=C(C(=O)O)[C@H](C(F)(F)F)O2. The summed E-state index contributed by atoms with van der Waals surface area (Å²) in [5, 5.41) is 9.14. The predicted molar refractivity (Wildman–Crippen MR) is 95.3 cm³/mol. The van der Waals surface area contributed by atoms with E-state index in [1.54, 1.807) is 18.2 Å². The number of benzene rings is 2. The van der Waals surface area contributed by atoms with Crippen LogP contribution in [0.1, 0.15) is 11.1 Å². The normalized spacial score (nSPS) is 15.9. The third kappa shape index (κ3) is 3.87. The van der Waals surface area contributed by atoms with Gasteiger partial charge in [0.2, 0.25) is 6.10 Å². The fourth-order valence-corrected chi connectivity index (χ4v) is 2.88. The van der Waals surface area contributed by atoms with Gasteiger partial charge in [-0.15, -0.1) is 0 Å². The largest absolute Gasteiger partial charge is 0.493 e. The summed E-state index contributed by atoms with van der Waals surface area (Å²) in [6.07, 6.45) is -6.61. The lowest BCUT2D eigenvalue weighted by Crippen LogP contribution is -2.40. The highest BCUT2D eigenvalue weighted by molar-refractivity contribution is 6.32. The first-order valence-electron chi connectivity index (χ1n) is 7.94. The molecule has 28 heavy (non-hydrogen) atoms. The lowest BCUT2D eigenvalue weighted by Gasteiger charge is -2.27. The second kappa shape index (κ2) is 7.27. The van der Waals surface area contributed by atoms with E-state index in [4.69, 9.17) is 30.9 Å². The van der Waals surface area contributed by atoms with Gasteiger partial charge in [-0.2, -0.15) is 13.2 Å². The maximum atomic E-state index is 13.2. The van der Waals surface area contributed by atoms with Crippen LogP contribution in [-0.2, 0) is 4.79 Å². The van der Waals surface area contributed by atoms with Crippen molar-refractivity contribution in [2.24, 2.45) is 0 Å². The van der Waals surface area contributed by atoms with Gasteiger partial charge in [-0.3, -0.25) is 0 Å². The van der Waals surface area contributed by atoms with Gasteiger partial charge >= 0.3 is 12.1 Å². The molecule has 9 heteroatoms. The average Bonchev–Trinajstić information content (AvgIpc) is 2.61. The van der Waals surface area contributed by atoms with Crippen LogP contribution in [0.5, 0.6) is 23.0 Å². The minimum absolute atomic E-state index is 0.0377. The van der Waals surface area contributed by atoms with E-state index in [9.17, 15) is 18.0 Å². The van der Waals surface area contributed by atoms with Gasteiger partial charge in [0.15, 0.2) is 11.5 Å². The van der Waals surface area contributed by atoms with Crippen molar-refractivity contribution >= 4 is 23.6 Å². The molecule has 0 aliphatic carbocycles. The standard InChI is InChI=1S/C19H14ClF3O5/c1-9-3-4-13(16(5-9)26-2)27-15-8-14-10(7-12(15)20)6-11(18(24)25)17(28-14)19(21,22)23/h3-8,17H,1-2H3,(H,24,25)/t17-/m1/s1. The van der Waals surface area contributed by atoms with E-state index >= 15 is 0 Å². The summed E-state index contributed by atoms with van der Waals surface area (Å²) in [5.74, 6) is -1.17. The van der Waals surface area contributed by atoms with Crippen molar-refractivity contribution in [3.63, 3.8) is 0 Å². The maximum Gasteiger partial charge on any atom is 0.430 e. The number of alkyl halides is 3. The van der Waals surface area contributed by atoms with Gasteiger partial charge in [0.25, 0.3) is 0 Å². The summed E-state index contributed by atoms with van der Waals surface area (Å²) in [6.45, 7) is 1.86. The number of carboxylic acid groups (broad SMARTS) is 1. The van der Waals surface area contributed by atoms with E-state index in [0.717, 1.165) is 11.6 Å². The Bertz CT molecular complexity index is 969. The zero-order valence-corrected chi connectivity index (χ0v) is 15.4. The van der Waals surface area contributed by atoms with Crippen LogP contribution in [0, 0.1) is 6.92 Å². The molecule has 1 N–H and O–H groups in total. The summed E-state index contributed by atoms with van der Waals surface area (Å²) in [4.78, 5) is 11.2. The molecule has 0 bridgehead atoms. The number of aliphatic carboxylic acids is 1. The van der Waals surface area contributed by atoms with E-state index < -0.39 is 23.8 Å². The Hall–Kier alpha value is -2.87. The van der Waals surface area contributed by atoms with Gasteiger partial charge in [0.05, 0.1) is 17.7 Å². The number of rotatable bonds is 4. The molecule has 3 rings (SSSR count). The van der Waals surface area contributed by atoms with Crippen molar-refractivity contribution in [2.45, 2.75) is 19.2 Å². The minimum atomic E-state index is -4.90. The molecule has 0 amide bonds. The molecule has 0 unspecified atom stereocenters. The second-order valence-electron chi connectivity index (χ2n) is 6.02. The van der Waals surface area contributed by atoms with E-state index in [1.165, 1.54) is 19.2 Å². The van der Waals surface area contributed by atoms with Crippen LogP contribution in [0.2, 0.25) is 5.02 Å². The zero-order valence-electron chi connectivity index (χ0n) is 14.6. The molecule has 5 nitrogen and oxygen atoms in total. The first kappa shape index (κ1) is 19.9. The Morgan fingerprint density at radius 2 is 1.89 bits per heavy atom. The summed E-state index contributed by atoms with van der Waals surface area (Å²) in [5.41, 5.74) is 0.0967. The summed E-state index contributed by atoms with van der Waals surface area (Å²) in [6, 6.07) is 7.58. The van der Waals surface area contributed by atoms with E-state index in [0.29, 0.717) is 11.5 Å². The number of fused-ring (bicyclic) bond motifs is 1. The molecule has 0 radical (unpaired) electrons. The molecule has 1 aliphatic rings. The van der Waals surface area contributed by atoms with Gasteiger partial charge in [-0.25, -0.2) is 4.79 Å². The molecular weight excluding hydrogens is 401 g/mol. The molecular formula is C19H14ClF3O5. The average molecular weight is 415 g/mol. The topological polar surface area (TPSA) is 65.0 Å². The Kier molecular flexibility index (Phi) is 5.16. The number of halogens is 4. The molecule has 2 aromatic carbocycles. The van der Waals surface area contributed by atoms with Gasteiger partial charge < -0.3 is 19.3 Å². The Balaban J connectivity index is 2.02. The van der Waals surface area contributed by atoms with Gasteiger partial charge in [0.1, 0.15) is 11.5 Å². The van der Waals surface area contributed by atoms with E-state index in [-0.39, 0.29) is 22.1 Å². The first-order valence-corrected chi connectivity index (χ1v) is 8.32. The number of carboxylic acids is 1. The van der Waals surface area contributed by atoms with Crippen molar-refractivity contribution in [3.05, 3.63) is 52.1 Å². The fourth-order valence-electron chi connectivity index (χ4n) is 2.67. The van der Waals surface area contributed by atoms with Gasteiger partial charge in [0, 0.05) is 11.6 Å². The third-order valence-corrected chi connectivity index (χ3v) is 4.28. The molecule has 1 heterocycles. The first-order chi connectivity index (χ1) is 13.1. The fraction of sp³-hybridized carbons (Fsp3) is 0.211. The minimum Gasteiger partial charge on any atom is -0.493 e. The second-order valence-corrected chi connectivity index (χ2v) is 6.43. The third-order valence-electron chi connectivity index (χ3n) is 3.99. The van der Waals surface area contributed by atoms with Crippen LogP contribution in [0.3, 0.4) is 0 Å². The van der Waals surface area contributed by atoms with Crippen LogP contribution in [-0.4, -0.2) is 30.5 Å². The van der Waals surface area contributed by atoms with Crippen LogP contribution in [0.25, 0.3) is 6.08 Å². The number of methoxy groups -OCH3 is 1. The lowest BCUT2D eigenvalue weighted by atomic mass is 10.0. The predicted octanol–water partition coefficient (Wildman–Crippen LogP) is 5.24. The maximum absolute atomic E-state index is 13.2. The van der Waals surface area contributed by atoms with Crippen molar-refractivity contribution < 1.29 is 37.3 Å². The van der Waals surface area contributed by atoms with Crippen LogP contribution >= 0.6 is 11.6 Å². The molecule has 2 aromatic rings. The summed E-state index contributed by atoms with van der Waals surface area (Å²) in [7, 11) is 1.45. The zero-order chi connectivity index (χ0) is 20.6. The molecule has 0 fully saturated rings. The number of aryl methyl sites for hydroxylation is 1. The highest BCUT2D eigenvalue weighted by Crippen LogP contribution is 2.43. The smallest absolute Gasteiger partial charge is 0.430 e. The lowest BCUT2D eigenvalue weighted by molar-refractivity contribution is -0.187. The van der Waals surface area contributed by atoms with Crippen molar-refractivity contribution in [3.8, 4) is 23.0 Å². The Morgan fingerprint density at radius 3 is 2.50 bits per heavy atom. The van der Waals surface area contributed by atoms with Crippen molar-refractivity contribution in [1.29, 1.82) is 0 Å². The Labute approximate surface area is 162 Å². The molecule has 0 saturated carbocycles. The molecule has 0 saturated heterocycles. The van der Waals surface area contributed by atoms with E-state index in [1.807, 2.05) is 6.92 Å². The van der Waals surface area contributed by atoms with Crippen molar-refractivity contribution in [1.82, 2.24) is 0 Å². The molecule has 1 aliphatic heterocycles. The quantitative estimate of drug-likeness (QED) is 0.741. The summed E-state index contributed by atoms with van der Waals surface area (Å²) >= 11 is 6.17. The Morgan fingerprint density at radius 1 is 1.18 bits per heavy atom. The number of carbonyl (C=O) groups is 1. The van der Waals surface area contributed by atoms with Crippen LogP contribution in [0.4, 0.5) is 13.2 Å². The highest BCUT2D eigenvalue weighted by Gasteiger charge is 2.48.